The zero-order chi connectivity index (χ0) is 21.1. The molecule has 2 aromatic carbocycles. The lowest BCUT2D eigenvalue weighted by Crippen LogP contribution is -2.49. The summed E-state index contributed by atoms with van der Waals surface area (Å²) in [6.07, 6.45) is 0.752. The number of hydrazone groups is 1. The average molecular weight is 405 g/mol. The number of nitrogens with zero attached hydrogens (tertiary/aromatic N) is 4. The van der Waals surface area contributed by atoms with Crippen LogP contribution < -0.4 is 0 Å². The van der Waals surface area contributed by atoms with Crippen molar-refractivity contribution < 1.29 is 4.79 Å². The summed E-state index contributed by atoms with van der Waals surface area (Å²) in [4.78, 5) is 18.0. The molecule has 0 aliphatic carbocycles. The fourth-order valence-electron chi connectivity index (χ4n) is 4.31. The van der Waals surface area contributed by atoms with Gasteiger partial charge in [0.15, 0.2) is 0 Å². The minimum atomic E-state index is -0.0365. The highest BCUT2D eigenvalue weighted by Crippen LogP contribution is 2.33. The second-order valence-corrected chi connectivity index (χ2v) is 8.50. The minimum absolute atomic E-state index is 0.0365. The van der Waals surface area contributed by atoms with Crippen LogP contribution in [0, 0.1) is 13.8 Å². The predicted octanol–water partition coefficient (Wildman–Crippen LogP) is 3.62. The molecule has 1 fully saturated rings. The number of likely N-dealkylation sites (N-methyl/N-ethyl adjacent to an activating group) is 1. The highest BCUT2D eigenvalue weighted by molar-refractivity contribution is 6.03. The molecule has 5 nitrogen and oxygen atoms in total. The maximum absolute atomic E-state index is 13.3. The van der Waals surface area contributed by atoms with E-state index >= 15 is 0 Å². The van der Waals surface area contributed by atoms with E-state index in [1.54, 1.807) is 5.01 Å². The monoisotopic (exact) mass is 404 g/mol. The molecular formula is C25H32N4O. The van der Waals surface area contributed by atoms with Gasteiger partial charge in [-0.25, -0.2) is 5.01 Å². The highest BCUT2D eigenvalue weighted by atomic mass is 16.2. The molecule has 2 aliphatic rings. The van der Waals surface area contributed by atoms with Crippen LogP contribution >= 0.6 is 0 Å². The SMILES string of the molecule is CCN1CCN(CC(=O)N2N=C(c3cccc(C)c3)CC2c2ccc(C)cc2)CC1. The molecule has 1 saturated heterocycles. The third-order valence-electron chi connectivity index (χ3n) is 6.25. The molecular weight excluding hydrogens is 372 g/mol. The summed E-state index contributed by atoms with van der Waals surface area (Å²) in [7, 11) is 0. The summed E-state index contributed by atoms with van der Waals surface area (Å²) in [6.45, 7) is 11.8. The van der Waals surface area contributed by atoms with Gasteiger partial charge >= 0.3 is 0 Å². The standard InChI is InChI=1S/C25H32N4O/c1-4-27-12-14-28(15-13-27)18-25(30)29-24(21-10-8-19(2)9-11-21)17-23(26-29)22-7-5-6-20(3)16-22/h5-11,16,24H,4,12-15,17-18H2,1-3H3. The lowest BCUT2D eigenvalue weighted by Gasteiger charge is -2.34. The van der Waals surface area contributed by atoms with Crippen LogP contribution in [-0.4, -0.2) is 65.7 Å². The van der Waals surface area contributed by atoms with Crippen LogP contribution in [0.25, 0.3) is 0 Å². The largest absolute Gasteiger partial charge is 0.301 e. The molecule has 30 heavy (non-hydrogen) atoms. The highest BCUT2D eigenvalue weighted by Gasteiger charge is 2.34. The van der Waals surface area contributed by atoms with Gasteiger partial charge in [0.05, 0.1) is 18.3 Å². The summed E-state index contributed by atoms with van der Waals surface area (Å²) in [5, 5.41) is 6.58. The topological polar surface area (TPSA) is 39.1 Å². The number of amides is 1. The number of hydrogen-bond donors (Lipinski definition) is 0. The summed E-state index contributed by atoms with van der Waals surface area (Å²) in [5.41, 5.74) is 5.69. The molecule has 2 aliphatic heterocycles. The number of rotatable bonds is 5. The first-order chi connectivity index (χ1) is 14.5. The first kappa shape index (κ1) is 20.8. The fraction of sp³-hybridized carbons (Fsp3) is 0.440. The summed E-state index contributed by atoms with van der Waals surface area (Å²) in [6, 6.07) is 16.9. The smallest absolute Gasteiger partial charge is 0.257 e. The van der Waals surface area contributed by atoms with E-state index in [0.29, 0.717) is 6.54 Å². The van der Waals surface area contributed by atoms with Crippen molar-refractivity contribution in [2.45, 2.75) is 33.2 Å². The zero-order valence-electron chi connectivity index (χ0n) is 18.3. The van der Waals surface area contributed by atoms with E-state index in [0.717, 1.165) is 56.0 Å². The Morgan fingerprint density at radius 2 is 1.67 bits per heavy atom. The molecule has 0 aromatic heterocycles. The van der Waals surface area contributed by atoms with Gasteiger partial charge in [-0.05, 0) is 31.5 Å². The van der Waals surface area contributed by atoms with E-state index in [1.165, 1.54) is 11.1 Å². The van der Waals surface area contributed by atoms with Gasteiger partial charge in [-0.1, -0.05) is 66.6 Å². The third kappa shape index (κ3) is 4.63. The predicted molar refractivity (Wildman–Crippen MR) is 122 cm³/mol. The van der Waals surface area contributed by atoms with Crippen LogP contribution in [0.15, 0.2) is 53.6 Å². The van der Waals surface area contributed by atoms with Crippen LogP contribution in [0.5, 0.6) is 0 Å². The molecule has 1 amide bonds. The van der Waals surface area contributed by atoms with Crippen molar-refractivity contribution in [2.24, 2.45) is 5.10 Å². The second kappa shape index (κ2) is 9.11. The van der Waals surface area contributed by atoms with Gasteiger partial charge < -0.3 is 4.90 Å². The fourth-order valence-corrected chi connectivity index (χ4v) is 4.31. The van der Waals surface area contributed by atoms with Gasteiger partial charge in [0.25, 0.3) is 5.91 Å². The van der Waals surface area contributed by atoms with Gasteiger partial charge in [0.2, 0.25) is 0 Å². The molecule has 5 heteroatoms. The molecule has 0 spiro atoms. The van der Waals surface area contributed by atoms with Crippen LogP contribution in [0.1, 0.15) is 41.6 Å². The van der Waals surface area contributed by atoms with Gasteiger partial charge in [0, 0.05) is 32.6 Å². The Balaban J connectivity index is 1.55. The summed E-state index contributed by atoms with van der Waals surface area (Å²) < 4.78 is 0. The van der Waals surface area contributed by atoms with E-state index < -0.39 is 0 Å². The Labute approximate surface area is 180 Å². The van der Waals surface area contributed by atoms with E-state index in [4.69, 9.17) is 5.10 Å². The second-order valence-electron chi connectivity index (χ2n) is 8.50. The Bertz CT molecular complexity index is 913. The van der Waals surface area contributed by atoms with Crippen LogP contribution in [0.3, 0.4) is 0 Å². The Morgan fingerprint density at radius 1 is 0.967 bits per heavy atom. The van der Waals surface area contributed by atoms with Crippen molar-refractivity contribution in [1.82, 2.24) is 14.8 Å². The molecule has 0 saturated carbocycles. The molecule has 1 unspecified atom stereocenters. The number of benzene rings is 2. The number of aryl methyl sites for hydroxylation is 2. The Kier molecular flexibility index (Phi) is 6.30. The van der Waals surface area contributed by atoms with Crippen molar-refractivity contribution in [3.63, 3.8) is 0 Å². The van der Waals surface area contributed by atoms with E-state index in [9.17, 15) is 4.79 Å². The molecule has 1 atom stereocenters. The minimum Gasteiger partial charge on any atom is -0.301 e. The maximum Gasteiger partial charge on any atom is 0.257 e. The Hall–Kier alpha value is -2.50. The molecule has 4 rings (SSSR count). The van der Waals surface area contributed by atoms with Crippen molar-refractivity contribution in [3.8, 4) is 0 Å². The first-order valence-electron chi connectivity index (χ1n) is 11.0. The van der Waals surface area contributed by atoms with Crippen LogP contribution in [0.2, 0.25) is 0 Å². The first-order valence-corrected chi connectivity index (χ1v) is 11.0. The van der Waals surface area contributed by atoms with E-state index in [2.05, 4.69) is 79.1 Å². The van der Waals surface area contributed by atoms with Crippen molar-refractivity contribution in [1.29, 1.82) is 0 Å². The van der Waals surface area contributed by atoms with E-state index in [1.807, 2.05) is 0 Å². The number of carbonyl (C=O) groups is 1. The average Bonchev–Trinajstić information content (AvgIpc) is 3.20. The molecule has 0 radical (unpaired) electrons. The number of hydrogen-bond acceptors (Lipinski definition) is 4. The van der Waals surface area contributed by atoms with Crippen LogP contribution in [-0.2, 0) is 4.79 Å². The normalized spacial score (nSPS) is 20.4. The van der Waals surface area contributed by atoms with Gasteiger partial charge in [-0.3, -0.25) is 9.69 Å². The molecule has 2 heterocycles. The Morgan fingerprint density at radius 3 is 2.33 bits per heavy atom. The van der Waals surface area contributed by atoms with Gasteiger partial charge in [-0.2, -0.15) is 5.10 Å². The number of piperazine rings is 1. The maximum atomic E-state index is 13.3. The lowest BCUT2D eigenvalue weighted by atomic mass is 9.97. The molecule has 0 N–H and O–H groups in total. The van der Waals surface area contributed by atoms with Gasteiger partial charge in [-0.15, -0.1) is 0 Å². The van der Waals surface area contributed by atoms with Crippen molar-refractivity contribution >= 4 is 11.6 Å². The summed E-state index contributed by atoms with van der Waals surface area (Å²) in [5.74, 6) is 0.0909. The lowest BCUT2D eigenvalue weighted by molar-refractivity contribution is -0.134. The molecule has 158 valence electrons. The van der Waals surface area contributed by atoms with Crippen molar-refractivity contribution in [3.05, 3.63) is 70.8 Å². The van der Waals surface area contributed by atoms with Crippen LogP contribution in [0.4, 0.5) is 0 Å². The van der Waals surface area contributed by atoms with Gasteiger partial charge in [0.1, 0.15) is 0 Å². The third-order valence-corrected chi connectivity index (χ3v) is 6.25. The zero-order valence-corrected chi connectivity index (χ0v) is 18.3. The summed E-state index contributed by atoms with van der Waals surface area (Å²) >= 11 is 0. The quantitative estimate of drug-likeness (QED) is 0.764. The van der Waals surface area contributed by atoms with E-state index in [-0.39, 0.29) is 11.9 Å². The van der Waals surface area contributed by atoms with Crippen molar-refractivity contribution in [2.75, 3.05) is 39.3 Å². The molecule has 2 aromatic rings. The number of carbonyl (C=O) groups excluding carboxylic acids is 1. The molecule has 0 bridgehead atoms.